The zero-order chi connectivity index (χ0) is 25.2. The third-order valence-electron chi connectivity index (χ3n) is 7.84. The highest BCUT2D eigenvalue weighted by atomic mass is 32.2. The highest BCUT2D eigenvalue weighted by Gasteiger charge is 2.44. The maximum atomic E-state index is 13.5. The largest absolute Gasteiger partial charge is 0.490 e. The fraction of sp³-hybridized carbons (Fsp3) is 0.406. The summed E-state index contributed by atoms with van der Waals surface area (Å²) in [6.07, 6.45) is 4.16. The Bertz CT molecular complexity index is 1210. The SMILES string of the molecule is Cc1ccc(SCc2ccc(C(=O)N3[C@H]4CC[C@H]3CC(Oc3ccccc3C(C)C)C4)cc2)cc1C. The van der Waals surface area contributed by atoms with E-state index in [-0.39, 0.29) is 24.1 Å². The molecule has 3 aromatic carbocycles. The molecular weight excluding hydrogens is 462 g/mol. The highest BCUT2D eigenvalue weighted by Crippen LogP contribution is 2.39. The van der Waals surface area contributed by atoms with Crippen LogP contribution in [0.3, 0.4) is 0 Å². The van der Waals surface area contributed by atoms with Crippen LogP contribution >= 0.6 is 11.8 Å². The van der Waals surface area contributed by atoms with E-state index >= 15 is 0 Å². The molecule has 188 valence electrons. The van der Waals surface area contributed by atoms with Gasteiger partial charge in [0.15, 0.2) is 0 Å². The Morgan fingerprint density at radius 1 is 0.944 bits per heavy atom. The van der Waals surface area contributed by atoms with Crippen LogP contribution in [0.2, 0.25) is 0 Å². The number of ether oxygens (including phenoxy) is 1. The Balaban J connectivity index is 1.20. The lowest BCUT2D eigenvalue weighted by atomic mass is 9.97. The molecule has 0 radical (unpaired) electrons. The second-order valence-corrected chi connectivity index (χ2v) is 11.8. The summed E-state index contributed by atoms with van der Waals surface area (Å²) >= 11 is 1.84. The summed E-state index contributed by atoms with van der Waals surface area (Å²) in [5.41, 5.74) is 5.96. The molecule has 0 saturated carbocycles. The molecule has 5 rings (SSSR count). The molecule has 0 N–H and O–H groups in total. The van der Waals surface area contributed by atoms with Gasteiger partial charge >= 0.3 is 0 Å². The van der Waals surface area contributed by atoms with Gasteiger partial charge < -0.3 is 9.64 Å². The zero-order valence-corrected chi connectivity index (χ0v) is 22.7. The Kier molecular flexibility index (Phi) is 7.43. The number of thioether (sulfide) groups is 1. The van der Waals surface area contributed by atoms with Crippen molar-refractivity contribution < 1.29 is 9.53 Å². The van der Waals surface area contributed by atoms with E-state index in [1.165, 1.54) is 27.1 Å². The lowest BCUT2D eigenvalue weighted by Crippen LogP contribution is -2.49. The van der Waals surface area contributed by atoms with E-state index in [9.17, 15) is 4.79 Å². The number of piperidine rings is 1. The molecule has 2 atom stereocenters. The fourth-order valence-electron chi connectivity index (χ4n) is 5.66. The molecule has 2 bridgehead atoms. The van der Waals surface area contributed by atoms with E-state index in [1.54, 1.807) is 0 Å². The number of aryl methyl sites for hydroxylation is 2. The van der Waals surface area contributed by atoms with Gasteiger partial charge in [-0.2, -0.15) is 0 Å². The second-order valence-electron chi connectivity index (χ2n) is 10.7. The van der Waals surface area contributed by atoms with Crippen molar-refractivity contribution in [2.24, 2.45) is 0 Å². The van der Waals surface area contributed by atoms with Crippen LogP contribution in [0.1, 0.15) is 78.1 Å². The quantitative estimate of drug-likeness (QED) is 0.309. The van der Waals surface area contributed by atoms with Crippen molar-refractivity contribution in [2.45, 2.75) is 88.1 Å². The van der Waals surface area contributed by atoms with Gasteiger partial charge in [-0.05, 0) is 85.2 Å². The first-order valence-electron chi connectivity index (χ1n) is 13.3. The molecule has 2 aliphatic rings. The van der Waals surface area contributed by atoms with Gasteiger partial charge in [0.1, 0.15) is 11.9 Å². The van der Waals surface area contributed by atoms with Crippen LogP contribution in [-0.2, 0) is 5.75 Å². The zero-order valence-electron chi connectivity index (χ0n) is 21.9. The van der Waals surface area contributed by atoms with Crippen LogP contribution in [0, 0.1) is 13.8 Å². The van der Waals surface area contributed by atoms with Crippen molar-refractivity contribution in [3.8, 4) is 5.75 Å². The Morgan fingerprint density at radius 2 is 1.64 bits per heavy atom. The summed E-state index contributed by atoms with van der Waals surface area (Å²) in [4.78, 5) is 17.0. The predicted molar refractivity (Wildman–Crippen MR) is 149 cm³/mol. The van der Waals surface area contributed by atoms with Crippen molar-refractivity contribution in [1.82, 2.24) is 4.90 Å². The van der Waals surface area contributed by atoms with Gasteiger partial charge in [-0.25, -0.2) is 0 Å². The van der Waals surface area contributed by atoms with Crippen molar-refractivity contribution in [1.29, 1.82) is 0 Å². The molecule has 2 heterocycles. The maximum absolute atomic E-state index is 13.5. The molecule has 2 saturated heterocycles. The number of hydrogen-bond acceptors (Lipinski definition) is 3. The fourth-order valence-corrected chi connectivity index (χ4v) is 6.61. The minimum absolute atomic E-state index is 0.177. The van der Waals surface area contributed by atoms with Gasteiger partial charge in [0, 0.05) is 41.1 Å². The first-order chi connectivity index (χ1) is 17.4. The number of carbonyl (C=O) groups is 1. The lowest BCUT2D eigenvalue weighted by Gasteiger charge is -2.39. The predicted octanol–water partition coefficient (Wildman–Crippen LogP) is 7.93. The van der Waals surface area contributed by atoms with E-state index in [1.807, 2.05) is 23.9 Å². The Labute approximate surface area is 220 Å². The van der Waals surface area contributed by atoms with Gasteiger partial charge in [0.2, 0.25) is 0 Å². The summed E-state index contributed by atoms with van der Waals surface area (Å²) < 4.78 is 6.52. The van der Waals surface area contributed by atoms with Crippen molar-refractivity contribution >= 4 is 17.7 Å². The summed E-state index contributed by atoms with van der Waals surface area (Å²) in [7, 11) is 0. The molecule has 2 fully saturated rings. The van der Waals surface area contributed by atoms with Crippen LogP contribution in [0.5, 0.6) is 5.75 Å². The monoisotopic (exact) mass is 499 g/mol. The first-order valence-corrected chi connectivity index (χ1v) is 14.2. The Morgan fingerprint density at radius 3 is 2.31 bits per heavy atom. The summed E-state index contributed by atoms with van der Waals surface area (Å²) in [6.45, 7) is 8.72. The summed E-state index contributed by atoms with van der Waals surface area (Å²) in [5.74, 6) is 2.52. The smallest absolute Gasteiger partial charge is 0.254 e. The highest BCUT2D eigenvalue weighted by molar-refractivity contribution is 7.98. The molecule has 4 heteroatoms. The maximum Gasteiger partial charge on any atom is 0.254 e. The van der Waals surface area contributed by atoms with Crippen molar-refractivity contribution in [2.75, 3.05) is 0 Å². The number of hydrogen-bond donors (Lipinski definition) is 0. The normalized spacial score (nSPS) is 21.1. The van der Waals surface area contributed by atoms with E-state index in [0.717, 1.165) is 42.7 Å². The molecule has 0 aromatic heterocycles. The molecule has 0 unspecified atom stereocenters. The minimum atomic E-state index is 0.177. The van der Waals surface area contributed by atoms with Gasteiger partial charge in [-0.15, -0.1) is 11.8 Å². The number of benzene rings is 3. The van der Waals surface area contributed by atoms with Gasteiger partial charge in [0.25, 0.3) is 5.91 Å². The lowest BCUT2D eigenvalue weighted by molar-refractivity contribution is 0.0356. The van der Waals surface area contributed by atoms with Gasteiger partial charge in [-0.3, -0.25) is 4.79 Å². The summed E-state index contributed by atoms with van der Waals surface area (Å²) in [5, 5.41) is 0. The average molecular weight is 500 g/mol. The van der Waals surface area contributed by atoms with Crippen molar-refractivity contribution in [3.05, 3.63) is 94.5 Å². The standard InChI is InChI=1S/C32H37NO2S/c1-21(2)30-7-5-6-8-31(30)35-28-18-26-14-15-27(19-28)33(26)32(34)25-12-10-24(11-13-25)20-36-29-16-9-22(3)23(4)17-29/h5-13,16-17,21,26-28H,14-15,18-20H2,1-4H3/t26-,27-/m0/s1. The van der Waals surface area contributed by atoms with E-state index in [2.05, 4.69) is 87.2 Å². The minimum Gasteiger partial charge on any atom is -0.490 e. The van der Waals surface area contributed by atoms with Crippen molar-refractivity contribution in [3.63, 3.8) is 0 Å². The summed E-state index contributed by atoms with van der Waals surface area (Å²) in [6, 6.07) is 23.8. The molecular formula is C32H37NO2S. The van der Waals surface area contributed by atoms with Crippen LogP contribution < -0.4 is 4.74 Å². The second kappa shape index (κ2) is 10.7. The first kappa shape index (κ1) is 25.0. The van der Waals surface area contributed by atoms with Crippen LogP contribution in [-0.4, -0.2) is 29.0 Å². The molecule has 2 aliphatic heterocycles. The molecule has 0 spiro atoms. The van der Waals surface area contributed by atoms with Gasteiger partial charge in [-0.1, -0.05) is 50.2 Å². The van der Waals surface area contributed by atoms with E-state index in [0.29, 0.717) is 5.92 Å². The Hall–Kier alpha value is -2.72. The molecule has 3 nitrogen and oxygen atoms in total. The van der Waals surface area contributed by atoms with Crippen LogP contribution in [0.25, 0.3) is 0 Å². The van der Waals surface area contributed by atoms with Crippen LogP contribution in [0.15, 0.2) is 71.6 Å². The van der Waals surface area contributed by atoms with Gasteiger partial charge in [0.05, 0.1) is 0 Å². The number of fused-ring (bicyclic) bond motifs is 2. The average Bonchev–Trinajstić information content (AvgIpc) is 3.14. The topological polar surface area (TPSA) is 29.5 Å². The van der Waals surface area contributed by atoms with E-state index in [4.69, 9.17) is 4.74 Å². The molecule has 36 heavy (non-hydrogen) atoms. The molecule has 3 aromatic rings. The number of carbonyl (C=O) groups excluding carboxylic acids is 1. The number of para-hydroxylation sites is 1. The number of amides is 1. The van der Waals surface area contributed by atoms with Crippen LogP contribution in [0.4, 0.5) is 0 Å². The molecule has 1 amide bonds. The van der Waals surface area contributed by atoms with E-state index < -0.39 is 0 Å². The third-order valence-corrected chi connectivity index (χ3v) is 8.91. The number of nitrogens with zero attached hydrogens (tertiary/aromatic N) is 1. The molecule has 0 aliphatic carbocycles. The third kappa shape index (κ3) is 5.34. The number of rotatable bonds is 7.